The van der Waals surface area contributed by atoms with E-state index in [1.165, 1.54) is 21.3 Å². The van der Waals surface area contributed by atoms with Gasteiger partial charge in [0.15, 0.2) is 5.76 Å². The maximum Gasteiger partial charge on any atom is 0.416 e. The van der Waals surface area contributed by atoms with E-state index in [9.17, 15) is 26.4 Å². The average molecular weight is 459 g/mol. The summed E-state index contributed by atoms with van der Waals surface area (Å²) in [7, 11) is -2.16. The van der Waals surface area contributed by atoms with Crippen molar-refractivity contribution in [2.75, 3.05) is 20.1 Å². The zero-order valence-electron chi connectivity index (χ0n) is 17.4. The van der Waals surface area contributed by atoms with Crippen LogP contribution in [0.1, 0.15) is 35.4 Å². The number of rotatable bonds is 5. The van der Waals surface area contributed by atoms with E-state index in [1.54, 1.807) is 20.9 Å². The summed E-state index contributed by atoms with van der Waals surface area (Å²) in [5.74, 6) is -0.281. The van der Waals surface area contributed by atoms with Crippen LogP contribution in [0.5, 0.6) is 0 Å². The second-order valence-corrected chi connectivity index (χ2v) is 9.60. The van der Waals surface area contributed by atoms with Crippen LogP contribution in [0.15, 0.2) is 33.7 Å². The van der Waals surface area contributed by atoms with Gasteiger partial charge in [-0.1, -0.05) is 17.3 Å². The van der Waals surface area contributed by atoms with Crippen molar-refractivity contribution in [3.05, 3.63) is 46.8 Å². The third kappa shape index (κ3) is 4.93. The Balaban J connectivity index is 1.60. The molecule has 1 aromatic heterocycles. The highest BCUT2D eigenvalue weighted by Gasteiger charge is 2.36. The van der Waals surface area contributed by atoms with E-state index < -0.39 is 21.8 Å². The number of sulfonamides is 1. The van der Waals surface area contributed by atoms with Crippen molar-refractivity contribution >= 4 is 15.9 Å². The van der Waals surface area contributed by atoms with E-state index >= 15 is 0 Å². The molecule has 0 unspecified atom stereocenters. The fourth-order valence-corrected chi connectivity index (χ4v) is 5.54. The fourth-order valence-electron chi connectivity index (χ4n) is 3.78. The van der Waals surface area contributed by atoms with Crippen LogP contribution in [0, 0.1) is 19.8 Å². The lowest BCUT2D eigenvalue weighted by Gasteiger charge is -2.32. The molecule has 0 atom stereocenters. The Labute approximate surface area is 178 Å². The first-order valence-electron chi connectivity index (χ1n) is 9.75. The van der Waals surface area contributed by atoms with Gasteiger partial charge in [0.25, 0.3) is 0 Å². The highest BCUT2D eigenvalue weighted by Crippen LogP contribution is 2.30. The third-order valence-electron chi connectivity index (χ3n) is 5.45. The van der Waals surface area contributed by atoms with E-state index in [0.29, 0.717) is 24.1 Å². The largest absolute Gasteiger partial charge is 0.416 e. The average Bonchev–Trinajstić information content (AvgIpc) is 3.06. The molecule has 0 aliphatic carbocycles. The normalized spacial score (nSPS) is 16.5. The summed E-state index contributed by atoms with van der Waals surface area (Å²) in [6, 6.07) is 4.69. The summed E-state index contributed by atoms with van der Waals surface area (Å²) in [6.45, 7) is 3.66. The second kappa shape index (κ2) is 8.62. The van der Waals surface area contributed by atoms with Crippen LogP contribution in [0.2, 0.25) is 0 Å². The summed E-state index contributed by atoms with van der Waals surface area (Å²) in [4.78, 5) is 14.3. The van der Waals surface area contributed by atoms with Crippen molar-refractivity contribution in [1.29, 1.82) is 0 Å². The number of aromatic nitrogens is 1. The van der Waals surface area contributed by atoms with Crippen LogP contribution >= 0.6 is 0 Å². The number of halogens is 3. The number of hydrogen-bond donors (Lipinski definition) is 0. The minimum Gasteiger partial charge on any atom is -0.360 e. The molecule has 1 aromatic carbocycles. The molecule has 0 saturated carbocycles. The van der Waals surface area contributed by atoms with Gasteiger partial charge in [-0.05, 0) is 44.4 Å². The summed E-state index contributed by atoms with van der Waals surface area (Å²) < 4.78 is 70.1. The van der Waals surface area contributed by atoms with Crippen LogP contribution in [-0.2, 0) is 27.5 Å². The molecule has 2 heterocycles. The summed E-state index contributed by atoms with van der Waals surface area (Å²) in [5, 5.41) is 3.70. The molecule has 1 aliphatic heterocycles. The molecule has 0 radical (unpaired) electrons. The quantitative estimate of drug-likeness (QED) is 0.685. The van der Waals surface area contributed by atoms with Gasteiger partial charge in [0.1, 0.15) is 10.6 Å². The first-order valence-corrected chi connectivity index (χ1v) is 11.2. The first kappa shape index (κ1) is 23.3. The standard InChI is InChI=1S/C20H24F3N3O4S/c1-13-18(14(2)30-24-13)31(28,29)26-10-8-16(9-11-26)19(27)25(3)12-15-4-6-17(7-5-15)20(21,22)23/h4-7,16H,8-12H2,1-3H3. The lowest BCUT2D eigenvalue weighted by molar-refractivity contribution is -0.138. The number of aryl methyl sites for hydroxylation is 2. The fraction of sp³-hybridized carbons (Fsp3) is 0.500. The lowest BCUT2D eigenvalue weighted by Crippen LogP contribution is -2.43. The van der Waals surface area contributed by atoms with Crippen LogP contribution < -0.4 is 0 Å². The predicted molar refractivity (Wildman–Crippen MR) is 105 cm³/mol. The van der Waals surface area contributed by atoms with Gasteiger partial charge in [-0.25, -0.2) is 8.42 Å². The van der Waals surface area contributed by atoms with Gasteiger partial charge in [-0.15, -0.1) is 0 Å². The SMILES string of the molecule is Cc1noc(C)c1S(=O)(=O)N1CCC(C(=O)N(C)Cc2ccc(C(F)(F)F)cc2)CC1. The number of alkyl halides is 3. The number of carbonyl (C=O) groups excluding carboxylic acids is 1. The van der Waals surface area contributed by atoms with E-state index in [2.05, 4.69) is 5.16 Å². The van der Waals surface area contributed by atoms with Gasteiger partial charge in [-0.3, -0.25) is 4.79 Å². The maximum absolute atomic E-state index is 12.9. The van der Waals surface area contributed by atoms with Crippen LogP contribution in [-0.4, -0.2) is 48.8 Å². The Morgan fingerprint density at radius 2 is 1.77 bits per heavy atom. The molecular weight excluding hydrogens is 435 g/mol. The molecule has 1 amide bonds. The van der Waals surface area contributed by atoms with Crippen LogP contribution in [0.4, 0.5) is 13.2 Å². The number of carbonyl (C=O) groups is 1. The topological polar surface area (TPSA) is 83.7 Å². The molecule has 1 fully saturated rings. The Bertz CT molecular complexity index is 1020. The predicted octanol–water partition coefficient (Wildman–Crippen LogP) is 3.37. The van der Waals surface area contributed by atoms with Gasteiger partial charge < -0.3 is 9.42 Å². The zero-order chi connectivity index (χ0) is 23.0. The van der Waals surface area contributed by atoms with Crippen LogP contribution in [0.25, 0.3) is 0 Å². The number of hydrogen-bond acceptors (Lipinski definition) is 5. The van der Waals surface area contributed by atoms with Crippen molar-refractivity contribution in [2.45, 2.75) is 44.3 Å². The van der Waals surface area contributed by atoms with E-state index in [-0.39, 0.29) is 42.1 Å². The molecular formula is C20H24F3N3O4S. The monoisotopic (exact) mass is 459 g/mol. The number of benzene rings is 1. The molecule has 0 bridgehead atoms. The molecule has 2 aromatic rings. The lowest BCUT2D eigenvalue weighted by atomic mass is 9.96. The zero-order valence-corrected chi connectivity index (χ0v) is 18.3. The summed E-state index contributed by atoms with van der Waals surface area (Å²) in [6.07, 6.45) is -3.68. The maximum atomic E-state index is 12.9. The third-order valence-corrected chi connectivity index (χ3v) is 7.59. The molecule has 0 N–H and O–H groups in total. The number of nitrogens with zero attached hydrogens (tertiary/aromatic N) is 3. The van der Waals surface area contributed by atoms with Gasteiger partial charge >= 0.3 is 6.18 Å². The number of amides is 1. The van der Waals surface area contributed by atoms with Gasteiger partial charge in [0.2, 0.25) is 15.9 Å². The summed E-state index contributed by atoms with van der Waals surface area (Å²) in [5.41, 5.74) is 0.145. The molecule has 1 aliphatic rings. The Hall–Kier alpha value is -2.40. The molecule has 170 valence electrons. The van der Waals surface area contributed by atoms with Gasteiger partial charge in [0.05, 0.1) is 5.56 Å². The summed E-state index contributed by atoms with van der Waals surface area (Å²) >= 11 is 0. The highest BCUT2D eigenvalue weighted by atomic mass is 32.2. The van der Waals surface area contributed by atoms with Crippen molar-refractivity contribution in [2.24, 2.45) is 5.92 Å². The first-order chi connectivity index (χ1) is 14.4. The van der Waals surface area contributed by atoms with Crippen molar-refractivity contribution in [3.8, 4) is 0 Å². The number of piperidine rings is 1. The minimum absolute atomic E-state index is 0.0664. The molecule has 11 heteroatoms. The van der Waals surface area contributed by atoms with Crippen LogP contribution in [0.3, 0.4) is 0 Å². The van der Waals surface area contributed by atoms with E-state index in [0.717, 1.165) is 12.1 Å². The molecule has 31 heavy (non-hydrogen) atoms. The van der Waals surface area contributed by atoms with Crippen molar-refractivity contribution in [1.82, 2.24) is 14.4 Å². The minimum atomic E-state index is -4.40. The van der Waals surface area contributed by atoms with E-state index in [4.69, 9.17) is 4.52 Å². The van der Waals surface area contributed by atoms with Crippen molar-refractivity contribution < 1.29 is 30.9 Å². The van der Waals surface area contributed by atoms with Crippen molar-refractivity contribution in [3.63, 3.8) is 0 Å². The molecule has 0 spiro atoms. The Kier molecular flexibility index (Phi) is 6.47. The second-order valence-electron chi connectivity index (χ2n) is 7.72. The van der Waals surface area contributed by atoms with E-state index in [1.807, 2.05) is 0 Å². The van der Waals surface area contributed by atoms with Gasteiger partial charge in [0, 0.05) is 32.6 Å². The highest BCUT2D eigenvalue weighted by molar-refractivity contribution is 7.89. The molecule has 3 rings (SSSR count). The molecule has 1 saturated heterocycles. The smallest absolute Gasteiger partial charge is 0.360 e. The Morgan fingerprint density at radius 3 is 2.26 bits per heavy atom. The Morgan fingerprint density at radius 1 is 1.19 bits per heavy atom. The molecule has 7 nitrogen and oxygen atoms in total. The van der Waals surface area contributed by atoms with Gasteiger partial charge in [-0.2, -0.15) is 17.5 Å².